The summed E-state index contributed by atoms with van der Waals surface area (Å²) in [7, 11) is 0. The smallest absolute Gasteiger partial charge is 0.160 e. The monoisotopic (exact) mass is 766 g/mol. The normalized spacial score (nSPS) is 11.0. The van der Waals surface area contributed by atoms with Gasteiger partial charge in [0, 0.05) is 40.2 Å². The van der Waals surface area contributed by atoms with Crippen LogP contribution in [0, 0.1) is 0 Å². The second-order valence-corrected chi connectivity index (χ2v) is 14.7. The van der Waals surface area contributed by atoms with Gasteiger partial charge >= 0.3 is 0 Å². The summed E-state index contributed by atoms with van der Waals surface area (Å²) < 4.78 is 0. The molecule has 0 aliphatic rings. The molecule has 0 amide bonds. The fourth-order valence-electron chi connectivity index (χ4n) is 7.67. The maximum Gasteiger partial charge on any atom is 0.160 e. The molecule has 3 aromatic heterocycles. The van der Waals surface area contributed by atoms with E-state index in [1.165, 1.54) is 0 Å². The van der Waals surface area contributed by atoms with Gasteiger partial charge in [0.2, 0.25) is 0 Å². The van der Waals surface area contributed by atoms with Crippen molar-refractivity contribution in [3.8, 4) is 101 Å². The Kier molecular flexibility index (Phi) is 9.92. The van der Waals surface area contributed by atoms with Crippen molar-refractivity contribution in [2.75, 3.05) is 0 Å². The fraction of sp³-hybridized carbons (Fsp3) is 0. The van der Waals surface area contributed by atoms with Crippen LogP contribution in [-0.4, -0.2) is 19.9 Å². The third-order valence-corrected chi connectivity index (χ3v) is 10.8. The Morgan fingerprint density at radius 2 is 0.517 bits per heavy atom. The molecule has 0 unspecified atom stereocenters. The van der Waals surface area contributed by atoms with Crippen molar-refractivity contribution in [1.82, 2.24) is 19.9 Å². The van der Waals surface area contributed by atoms with Gasteiger partial charge < -0.3 is 0 Å². The first-order valence-electron chi connectivity index (χ1n) is 20.1. The fourth-order valence-corrected chi connectivity index (χ4v) is 7.67. The molecule has 282 valence electrons. The molecule has 4 nitrogen and oxygen atoms in total. The lowest BCUT2D eigenvalue weighted by atomic mass is 9.92. The molecule has 3 heterocycles. The molecule has 0 N–H and O–H groups in total. The Hall–Kier alpha value is -8.08. The highest BCUT2D eigenvalue weighted by Crippen LogP contribution is 2.38. The predicted molar refractivity (Wildman–Crippen MR) is 247 cm³/mol. The molecular weight excluding hydrogens is 729 g/mol. The SMILES string of the molecule is c1ccc(-c2cc(-c3ccc(-c4ccccn4)cc3)cc(-c3cc(-c4cc(-c5ccccc5)cc(-c5ccc(-c6ccccn6)cc5)c4)nc(-c4ccccc4)n3)c2)cc1. The maximum atomic E-state index is 5.30. The lowest BCUT2D eigenvalue weighted by Gasteiger charge is -2.15. The molecule has 0 aliphatic heterocycles. The van der Waals surface area contributed by atoms with E-state index < -0.39 is 0 Å². The number of hydrogen-bond acceptors (Lipinski definition) is 4. The van der Waals surface area contributed by atoms with Crippen LogP contribution >= 0.6 is 0 Å². The van der Waals surface area contributed by atoms with Gasteiger partial charge in [0.1, 0.15) is 0 Å². The first-order chi connectivity index (χ1) is 29.7. The Bertz CT molecular complexity index is 2840. The van der Waals surface area contributed by atoms with E-state index in [2.05, 4.69) is 174 Å². The van der Waals surface area contributed by atoms with Crippen LogP contribution < -0.4 is 0 Å². The van der Waals surface area contributed by atoms with Crippen LogP contribution in [0.3, 0.4) is 0 Å². The van der Waals surface area contributed by atoms with E-state index in [-0.39, 0.29) is 0 Å². The van der Waals surface area contributed by atoms with Crippen LogP contribution in [0.2, 0.25) is 0 Å². The molecule has 10 rings (SSSR count). The summed E-state index contributed by atoms with van der Waals surface area (Å²) in [5.74, 6) is 0.667. The molecule has 0 bridgehead atoms. The second-order valence-electron chi connectivity index (χ2n) is 14.7. The highest BCUT2D eigenvalue weighted by atomic mass is 14.9. The van der Waals surface area contributed by atoms with E-state index in [0.29, 0.717) is 5.82 Å². The van der Waals surface area contributed by atoms with Crippen LogP contribution in [0.4, 0.5) is 0 Å². The molecule has 7 aromatic carbocycles. The summed E-state index contributed by atoms with van der Waals surface area (Å²) >= 11 is 0. The average molecular weight is 767 g/mol. The van der Waals surface area contributed by atoms with Crippen molar-refractivity contribution in [3.63, 3.8) is 0 Å². The van der Waals surface area contributed by atoms with Crippen LogP contribution in [0.1, 0.15) is 0 Å². The number of rotatable bonds is 9. The van der Waals surface area contributed by atoms with Gasteiger partial charge in [-0.3, -0.25) is 9.97 Å². The van der Waals surface area contributed by atoms with Crippen LogP contribution in [0.25, 0.3) is 101 Å². The number of benzene rings is 7. The van der Waals surface area contributed by atoms with Gasteiger partial charge in [-0.1, -0.05) is 152 Å². The van der Waals surface area contributed by atoms with Crippen molar-refractivity contribution >= 4 is 0 Å². The summed E-state index contributed by atoms with van der Waals surface area (Å²) in [6.07, 6.45) is 3.66. The largest absolute Gasteiger partial charge is 0.256 e. The van der Waals surface area contributed by atoms with Crippen LogP contribution in [0.5, 0.6) is 0 Å². The van der Waals surface area contributed by atoms with Gasteiger partial charge in [-0.15, -0.1) is 0 Å². The van der Waals surface area contributed by atoms with E-state index in [9.17, 15) is 0 Å². The summed E-state index contributed by atoms with van der Waals surface area (Å²) in [5.41, 5.74) is 17.6. The Morgan fingerprint density at radius 1 is 0.200 bits per heavy atom. The predicted octanol–water partition coefficient (Wildman–Crippen LogP) is 14.3. The molecule has 60 heavy (non-hydrogen) atoms. The van der Waals surface area contributed by atoms with E-state index >= 15 is 0 Å². The first-order valence-corrected chi connectivity index (χ1v) is 20.1. The summed E-state index contributed by atoms with van der Waals surface area (Å²) in [5, 5.41) is 0. The van der Waals surface area contributed by atoms with Crippen LogP contribution in [0.15, 0.2) is 231 Å². The summed E-state index contributed by atoms with van der Waals surface area (Å²) in [6, 6.07) is 76.3. The third kappa shape index (κ3) is 7.78. The average Bonchev–Trinajstić information content (AvgIpc) is 3.35. The molecule has 0 radical (unpaired) electrons. The molecule has 0 saturated heterocycles. The molecule has 0 atom stereocenters. The lowest BCUT2D eigenvalue weighted by Crippen LogP contribution is -1.97. The molecule has 0 fully saturated rings. The van der Waals surface area contributed by atoms with Gasteiger partial charge in [0.15, 0.2) is 5.82 Å². The topological polar surface area (TPSA) is 51.6 Å². The Morgan fingerprint density at radius 3 is 0.883 bits per heavy atom. The zero-order valence-corrected chi connectivity index (χ0v) is 32.7. The quantitative estimate of drug-likeness (QED) is 0.147. The minimum atomic E-state index is 0.667. The lowest BCUT2D eigenvalue weighted by molar-refractivity contribution is 1.18. The van der Waals surface area contributed by atoms with Crippen molar-refractivity contribution < 1.29 is 0 Å². The zero-order valence-electron chi connectivity index (χ0n) is 32.7. The van der Waals surface area contributed by atoms with Crippen molar-refractivity contribution in [2.24, 2.45) is 0 Å². The number of nitrogens with zero attached hydrogens (tertiary/aromatic N) is 4. The van der Waals surface area contributed by atoms with E-state index in [4.69, 9.17) is 9.97 Å². The van der Waals surface area contributed by atoms with Gasteiger partial charge in [0.05, 0.1) is 22.8 Å². The number of aromatic nitrogens is 4. The molecule has 0 saturated carbocycles. The van der Waals surface area contributed by atoms with Gasteiger partial charge in [-0.05, 0) is 111 Å². The molecule has 10 aromatic rings. The molecular formula is C56H38N4. The summed E-state index contributed by atoms with van der Waals surface area (Å²) in [4.78, 5) is 19.7. The highest BCUT2D eigenvalue weighted by molar-refractivity contribution is 5.85. The number of pyridine rings is 2. The zero-order chi connectivity index (χ0) is 40.1. The minimum absolute atomic E-state index is 0.667. The van der Waals surface area contributed by atoms with Gasteiger partial charge in [0.25, 0.3) is 0 Å². The van der Waals surface area contributed by atoms with Crippen molar-refractivity contribution in [3.05, 3.63) is 231 Å². The number of hydrogen-bond donors (Lipinski definition) is 0. The first kappa shape index (κ1) is 36.3. The maximum absolute atomic E-state index is 5.30. The Labute approximate surface area is 350 Å². The minimum Gasteiger partial charge on any atom is -0.256 e. The van der Waals surface area contributed by atoms with Crippen molar-refractivity contribution in [1.29, 1.82) is 0 Å². The summed E-state index contributed by atoms with van der Waals surface area (Å²) in [6.45, 7) is 0. The molecule has 0 spiro atoms. The van der Waals surface area contributed by atoms with Crippen molar-refractivity contribution in [2.45, 2.75) is 0 Å². The Balaban J connectivity index is 1.14. The van der Waals surface area contributed by atoms with E-state index in [0.717, 1.165) is 95.1 Å². The highest BCUT2D eigenvalue weighted by Gasteiger charge is 2.16. The van der Waals surface area contributed by atoms with Gasteiger partial charge in [-0.25, -0.2) is 9.97 Å². The van der Waals surface area contributed by atoms with E-state index in [1.807, 2.05) is 67.0 Å². The molecule has 4 heteroatoms. The molecule has 0 aliphatic carbocycles. The van der Waals surface area contributed by atoms with Crippen LogP contribution in [-0.2, 0) is 0 Å². The standard InChI is InChI=1S/C56H38N4/c1-4-14-39(15-5-1)46-32-48(41-22-26-43(27-23-41)52-20-10-12-30-57-52)36-50(34-46)54-38-55(60-56(59-54)45-18-8-3-9-19-45)51-35-47(40-16-6-2-7-17-40)33-49(37-51)42-24-28-44(29-25-42)53-21-11-13-31-58-53/h1-38H. The third-order valence-electron chi connectivity index (χ3n) is 10.8. The van der Waals surface area contributed by atoms with E-state index in [1.54, 1.807) is 0 Å². The second kappa shape index (κ2) is 16.4. The van der Waals surface area contributed by atoms with Gasteiger partial charge in [-0.2, -0.15) is 0 Å².